The fourth-order valence-electron chi connectivity index (χ4n) is 3.43. The maximum Gasteiger partial charge on any atom is 0.335 e. The molecular formula is C21H14N6O4. The Morgan fingerprint density at radius 3 is 2.97 bits per heavy atom. The van der Waals surface area contributed by atoms with Crippen molar-refractivity contribution in [1.29, 1.82) is 5.26 Å². The number of nitrogens with one attached hydrogen (secondary N) is 3. The van der Waals surface area contributed by atoms with Crippen molar-refractivity contribution in [2.45, 2.75) is 0 Å². The molecule has 0 saturated carbocycles. The van der Waals surface area contributed by atoms with Gasteiger partial charge in [0.25, 0.3) is 5.91 Å². The maximum absolute atomic E-state index is 11.7. The largest absolute Gasteiger partial charge is 0.482 e. The molecule has 0 bridgehead atoms. The number of anilines is 3. The zero-order valence-corrected chi connectivity index (χ0v) is 15.8. The Morgan fingerprint density at radius 2 is 2.16 bits per heavy atom. The van der Waals surface area contributed by atoms with E-state index in [-0.39, 0.29) is 18.1 Å². The minimum atomic E-state index is -1.04. The number of ether oxygens (including phenoxy) is 1. The summed E-state index contributed by atoms with van der Waals surface area (Å²) in [5.41, 5.74) is 3.32. The second-order valence-corrected chi connectivity index (χ2v) is 6.84. The third-order valence-corrected chi connectivity index (χ3v) is 4.86. The number of carboxylic acids is 1. The van der Waals surface area contributed by atoms with Crippen molar-refractivity contribution in [3.8, 4) is 23.1 Å². The van der Waals surface area contributed by atoms with Crippen LogP contribution in [-0.4, -0.2) is 38.2 Å². The average molecular weight is 414 g/mol. The van der Waals surface area contributed by atoms with E-state index in [9.17, 15) is 20.0 Å². The molecule has 152 valence electrons. The summed E-state index contributed by atoms with van der Waals surface area (Å²) >= 11 is 0. The van der Waals surface area contributed by atoms with Gasteiger partial charge >= 0.3 is 5.97 Å². The van der Waals surface area contributed by atoms with Gasteiger partial charge in [-0.2, -0.15) is 14.9 Å². The number of fused-ring (bicyclic) bond motifs is 2. The van der Waals surface area contributed by atoms with Gasteiger partial charge in [0, 0.05) is 11.3 Å². The molecule has 4 aromatic rings. The second kappa shape index (κ2) is 6.93. The van der Waals surface area contributed by atoms with E-state index in [0.717, 1.165) is 0 Å². The lowest BCUT2D eigenvalue weighted by Crippen LogP contribution is -2.25. The van der Waals surface area contributed by atoms with Gasteiger partial charge in [-0.25, -0.2) is 4.79 Å². The molecule has 1 aliphatic heterocycles. The fourth-order valence-corrected chi connectivity index (χ4v) is 3.43. The minimum absolute atomic E-state index is 0.0407. The summed E-state index contributed by atoms with van der Waals surface area (Å²) in [5, 5.41) is 28.9. The molecule has 0 unspecified atom stereocenters. The Labute approximate surface area is 174 Å². The predicted molar refractivity (Wildman–Crippen MR) is 111 cm³/mol. The normalized spacial score (nSPS) is 12.5. The highest BCUT2D eigenvalue weighted by molar-refractivity contribution is 5.97. The highest BCUT2D eigenvalue weighted by Gasteiger charge is 2.21. The number of H-pyrrole nitrogens is 1. The second-order valence-electron chi connectivity index (χ2n) is 6.84. The van der Waals surface area contributed by atoms with Gasteiger partial charge in [-0.1, -0.05) is 6.07 Å². The van der Waals surface area contributed by atoms with Crippen molar-refractivity contribution >= 4 is 34.7 Å². The number of aromatic amines is 1. The lowest BCUT2D eigenvalue weighted by atomic mass is 10.1. The summed E-state index contributed by atoms with van der Waals surface area (Å²) in [4.78, 5) is 26.2. The lowest BCUT2D eigenvalue weighted by molar-refractivity contribution is -0.118. The summed E-state index contributed by atoms with van der Waals surface area (Å²) in [7, 11) is 0. The highest BCUT2D eigenvalue weighted by Crippen LogP contribution is 2.37. The van der Waals surface area contributed by atoms with E-state index in [1.54, 1.807) is 24.3 Å². The number of nitrogens with zero attached hydrogens (tertiary/aromatic N) is 3. The SMILES string of the molecule is N#Cc1cnn2c(Nc3cccc(C(=O)O)c3)c(-c3ccc4c(c3)NC(=O)CO4)[nH]c12. The van der Waals surface area contributed by atoms with E-state index in [1.165, 1.54) is 22.8 Å². The molecule has 2 aromatic heterocycles. The molecule has 31 heavy (non-hydrogen) atoms. The van der Waals surface area contributed by atoms with E-state index in [2.05, 4.69) is 26.8 Å². The van der Waals surface area contributed by atoms with Gasteiger partial charge in [0.05, 0.1) is 23.1 Å². The number of benzene rings is 2. The standard InChI is InChI=1S/C21H14N6O4/c22-8-13-9-23-27-19(13)26-18(11-4-5-16-15(7-11)25-17(28)10-31-16)20(27)24-14-3-1-2-12(6-14)21(29)30/h1-7,9,24,26H,10H2,(H,25,28)(H,29,30). The lowest BCUT2D eigenvalue weighted by Gasteiger charge is -2.18. The Balaban J connectivity index is 1.65. The summed E-state index contributed by atoms with van der Waals surface area (Å²) in [6.45, 7) is -0.0407. The zero-order chi connectivity index (χ0) is 21.5. The van der Waals surface area contributed by atoms with Crippen LogP contribution in [0.25, 0.3) is 16.9 Å². The van der Waals surface area contributed by atoms with Crippen molar-refractivity contribution in [2.75, 3.05) is 17.2 Å². The monoisotopic (exact) mass is 414 g/mol. The molecule has 0 saturated heterocycles. The van der Waals surface area contributed by atoms with Crippen molar-refractivity contribution in [3.05, 3.63) is 59.8 Å². The molecule has 1 amide bonds. The number of amides is 1. The van der Waals surface area contributed by atoms with Crippen LogP contribution in [0.15, 0.2) is 48.7 Å². The number of aromatic carboxylic acids is 1. The number of nitriles is 1. The molecular weight excluding hydrogens is 400 g/mol. The van der Waals surface area contributed by atoms with Crippen LogP contribution in [0.1, 0.15) is 15.9 Å². The van der Waals surface area contributed by atoms with Gasteiger partial charge in [-0.15, -0.1) is 0 Å². The first-order chi connectivity index (χ1) is 15.0. The van der Waals surface area contributed by atoms with Crippen LogP contribution in [0.5, 0.6) is 5.75 Å². The van der Waals surface area contributed by atoms with Crippen molar-refractivity contribution in [2.24, 2.45) is 0 Å². The number of carbonyl (C=O) groups excluding carboxylic acids is 1. The van der Waals surface area contributed by atoms with Crippen molar-refractivity contribution < 1.29 is 19.4 Å². The number of carbonyl (C=O) groups is 2. The topological polar surface area (TPSA) is 145 Å². The molecule has 4 N–H and O–H groups in total. The third-order valence-electron chi connectivity index (χ3n) is 4.86. The fraction of sp³-hybridized carbons (Fsp3) is 0.0476. The Morgan fingerprint density at radius 1 is 1.29 bits per heavy atom. The van der Waals surface area contributed by atoms with Crippen LogP contribution in [0, 0.1) is 11.3 Å². The number of hydrogen-bond acceptors (Lipinski definition) is 6. The Bertz CT molecular complexity index is 1410. The molecule has 0 radical (unpaired) electrons. The summed E-state index contributed by atoms with van der Waals surface area (Å²) < 4.78 is 6.95. The molecule has 10 heteroatoms. The average Bonchev–Trinajstić information content (AvgIpc) is 3.33. The minimum Gasteiger partial charge on any atom is -0.482 e. The van der Waals surface area contributed by atoms with Crippen molar-refractivity contribution in [3.63, 3.8) is 0 Å². The first kappa shape index (κ1) is 18.3. The van der Waals surface area contributed by atoms with Gasteiger partial charge in [0.2, 0.25) is 0 Å². The van der Waals surface area contributed by atoms with Gasteiger partial charge in [-0.3, -0.25) is 4.79 Å². The number of carboxylic acid groups (broad SMARTS) is 1. The maximum atomic E-state index is 11.7. The Kier molecular flexibility index (Phi) is 4.08. The number of aromatic nitrogens is 3. The van der Waals surface area contributed by atoms with Gasteiger partial charge in [0.15, 0.2) is 18.1 Å². The van der Waals surface area contributed by atoms with Crippen LogP contribution in [-0.2, 0) is 4.79 Å². The van der Waals surface area contributed by atoms with Gasteiger partial charge in [0.1, 0.15) is 17.4 Å². The zero-order valence-electron chi connectivity index (χ0n) is 15.8. The quantitative estimate of drug-likeness (QED) is 0.402. The van der Waals surface area contributed by atoms with Gasteiger partial charge < -0.3 is 25.5 Å². The van der Waals surface area contributed by atoms with Gasteiger partial charge in [-0.05, 0) is 36.4 Å². The van der Waals surface area contributed by atoms with Crippen LogP contribution >= 0.6 is 0 Å². The van der Waals surface area contributed by atoms with E-state index in [0.29, 0.717) is 45.4 Å². The van der Waals surface area contributed by atoms with Crippen LogP contribution in [0.2, 0.25) is 0 Å². The molecule has 0 aliphatic carbocycles. The van der Waals surface area contributed by atoms with E-state index < -0.39 is 5.97 Å². The van der Waals surface area contributed by atoms with Crippen molar-refractivity contribution in [1.82, 2.24) is 14.6 Å². The number of imidazole rings is 1. The number of rotatable bonds is 4. The smallest absolute Gasteiger partial charge is 0.335 e. The summed E-state index contributed by atoms with van der Waals surface area (Å²) in [6.07, 6.45) is 1.44. The first-order valence-corrected chi connectivity index (χ1v) is 9.21. The highest BCUT2D eigenvalue weighted by atomic mass is 16.5. The molecule has 1 aliphatic rings. The molecule has 10 nitrogen and oxygen atoms in total. The molecule has 2 aromatic carbocycles. The van der Waals surface area contributed by atoms with Crippen LogP contribution < -0.4 is 15.4 Å². The summed E-state index contributed by atoms with van der Waals surface area (Å²) in [5.74, 6) is -0.232. The molecule has 0 fully saturated rings. The van der Waals surface area contributed by atoms with E-state index in [4.69, 9.17) is 4.74 Å². The van der Waals surface area contributed by atoms with Crippen LogP contribution in [0.3, 0.4) is 0 Å². The molecule has 0 spiro atoms. The third kappa shape index (κ3) is 3.10. The molecule has 3 heterocycles. The van der Waals surface area contributed by atoms with E-state index >= 15 is 0 Å². The van der Waals surface area contributed by atoms with E-state index in [1.807, 2.05) is 6.07 Å². The number of hydrogen-bond donors (Lipinski definition) is 4. The van der Waals surface area contributed by atoms with Crippen LogP contribution in [0.4, 0.5) is 17.2 Å². The summed E-state index contributed by atoms with van der Waals surface area (Å²) in [6, 6.07) is 13.7. The molecule has 5 rings (SSSR count). The molecule has 0 atom stereocenters. The predicted octanol–water partition coefficient (Wildman–Crippen LogP) is 2.97. The Hall–Kier alpha value is -4.78. The first-order valence-electron chi connectivity index (χ1n) is 9.21.